The van der Waals surface area contributed by atoms with Crippen molar-refractivity contribution < 1.29 is 13.2 Å². The van der Waals surface area contributed by atoms with Crippen molar-refractivity contribution in [2.24, 2.45) is 0 Å². The Bertz CT molecular complexity index is 628. The first kappa shape index (κ1) is 9.85. The fourth-order valence-electron chi connectivity index (χ4n) is 1.40. The van der Waals surface area contributed by atoms with Crippen LogP contribution in [0.3, 0.4) is 0 Å². The van der Waals surface area contributed by atoms with Crippen LogP contribution >= 0.6 is 0 Å². The first-order valence-electron chi connectivity index (χ1n) is 4.16. The molecule has 0 saturated carbocycles. The molecule has 0 fully saturated rings. The summed E-state index contributed by atoms with van der Waals surface area (Å²) in [6.07, 6.45) is 4.44. The topological polar surface area (TPSA) is 69.0 Å². The Morgan fingerprint density at radius 1 is 1.47 bits per heavy atom. The minimum Gasteiger partial charge on any atom is -0.298 e. The SMILES string of the molecule is CS(=O)(=O)n1cc(C=O)c2cccnc21. The third-order valence-corrected chi connectivity index (χ3v) is 3.04. The summed E-state index contributed by atoms with van der Waals surface area (Å²) in [7, 11) is -3.42. The van der Waals surface area contributed by atoms with E-state index < -0.39 is 10.0 Å². The molecular weight excluding hydrogens is 216 g/mol. The van der Waals surface area contributed by atoms with E-state index in [1.54, 1.807) is 12.1 Å². The van der Waals surface area contributed by atoms with Gasteiger partial charge in [-0.3, -0.25) is 4.79 Å². The second-order valence-electron chi connectivity index (χ2n) is 3.14. The number of carbonyl (C=O) groups excluding carboxylic acids is 1. The lowest BCUT2D eigenvalue weighted by Gasteiger charge is -1.99. The summed E-state index contributed by atoms with van der Waals surface area (Å²) in [6.45, 7) is 0. The molecule has 0 aliphatic carbocycles. The van der Waals surface area contributed by atoms with Gasteiger partial charge in [-0.2, -0.15) is 0 Å². The molecule has 6 heteroatoms. The van der Waals surface area contributed by atoms with E-state index in [4.69, 9.17) is 0 Å². The molecule has 5 nitrogen and oxygen atoms in total. The summed E-state index contributed by atoms with van der Waals surface area (Å²) in [5.74, 6) is 0. The van der Waals surface area contributed by atoms with Crippen molar-refractivity contribution in [1.82, 2.24) is 8.96 Å². The van der Waals surface area contributed by atoms with E-state index in [2.05, 4.69) is 4.98 Å². The number of hydrogen-bond acceptors (Lipinski definition) is 4. The van der Waals surface area contributed by atoms with Crippen LogP contribution < -0.4 is 0 Å². The molecule has 0 saturated heterocycles. The Morgan fingerprint density at radius 2 is 2.20 bits per heavy atom. The highest BCUT2D eigenvalue weighted by molar-refractivity contribution is 7.89. The van der Waals surface area contributed by atoms with Gasteiger partial charge in [0.1, 0.15) is 0 Å². The van der Waals surface area contributed by atoms with Crippen LogP contribution in [-0.4, -0.2) is 29.9 Å². The zero-order valence-corrected chi connectivity index (χ0v) is 8.73. The Labute approximate surface area is 86.4 Å². The van der Waals surface area contributed by atoms with Crippen molar-refractivity contribution in [2.75, 3.05) is 6.26 Å². The van der Waals surface area contributed by atoms with Crippen molar-refractivity contribution in [1.29, 1.82) is 0 Å². The number of hydrogen-bond donors (Lipinski definition) is 0. The fourth-order valence-corrected chi connectivity index (χ4v) is 2.17. The van der Waals surface area contributed by atoms with Crippen LogP contribution in [0.5, 0.6) is 0 Å². The van der Waals surface area contributed by atoms with E-state index in [-0.39, 0.29) is 5.65 Å². The van der Waals surface area contributed by atoms with Crippen LogP contribution in [0, 0.1) is 0 Å². The predicted molar refractivity (Wildman–Crippen MR) is 55.4 cm³/mol. The number of aldehydes is 1. The van der Waals surface area contributed by atoms with E-state index in [1.807, 2.05) is 0 Å². The van der Waals surface area contributed by atoms with Gasteiger partial charge in [0.25, 0.3) is 0 Å². The van der Waals surface area contributed by atoms with Gasteiger partial charge in [-0.25, -0.2) is 17.4 Å². The van der Waals surface area contributed by atoms with Gasteiger partial charge in [-0.05, 0) is 12.1 Å². The average molecular weight is 224 g/mol. The van der Waals surface area contributed by atoms with Crippen molar-refractivity contribution in [3.63, 3.8) is 0 Å². The van der Waals surface area contributed by atoms with E-state index >= 15 is 0 Å². The third kappa shape index (κ3) is 1.52. The van der Waals surface area contributed by atoms with Gasteiger partial charge >= 0.3 is 0 Å². The Morgan fingerprint density at radius 3 is 2.80 bits per heavy atom. The summed E-state index contributed by atoms with van der Waals surface area (Å²) in [5.41, 5.74) is 0.602. The van der Waals surface area contributed by atoms with Crippen LogP contribution in [-0.2, 0) is 10.0 Å². The van der Waals surface area contributed by atoms with Gasteiger partial charge in [0.2, 0.25) is 10.0 Å². The Kier molecular flexibility index (Phi) is 2.08. The summed E-state index contributed by atoms with van der Waals surface area (Å²) in [6, 6.07) is 3.32. The molecule has 2 aromatic heterocycles. The third-order valence-electron chi connectivity index (χ3n) is 2.05. The first-order valence-corrected chi connectivity index (χ1v) is 6.00. The minimum absolute atomic E-state index is 0.280. The lowest BCUT2D eigenvalue weighted by Crippen LogP contribution is -2.08. The molecule has 0 atom stereocenters. The summed E-state index contributed by atoms with van der Waals surface area (Å²) in [5, 5.41) is 0.540. The van der Waals surface area contributed by atoms with Gasteiger partial charge < -0.3 is 0 Å². The number of rotatable bonds is 2. The number of fused-ring (bicyclic) bond motifs is 1. The van der Waals surface area contributed by atoms with Crippen LogP contribution in [0.2, 0.25) is 0 Å². The molecule has 0 spiro atoms. The normalized spacial score (nSPS) is 11.8. The maximum Gasteiger partial charge on any atom is 0.237 e. The molecule has 0 aliphatic rings. The second kappa shape index (κ2) is 3.16. The number of pyridine rings is 1. The lowest BCUT2D eigenvalue weighted by molar-refractivity contribution is 0.112. The van der Waals surface area contributed by atoms with Gasteiger partial charge in [-0.1, -0.05) is 0 Å². The highest BCUT2D eigenvalue weighted by Crippen LogP contribution is 2.18. The fraction of sp³-hybridized carbons (Fsp3) is 0.111. The molecule has 0 radical (unpaired) electrons. The molecule has 0 amide bonds. The van der Waals surface area contributed by atoms with E-state index in [0.29, 0.717) is 17.2 Å². The molecule has 2 aromatic rings. The molecule has 0 aliphatic heterocycles. The maximum atomic E-state index is 11.4. The molecule has 78 valence electrons. The van der Waals surface area contributed by atoms with Crippen LogP contribution in [0.25, 0.3) is 11.0 Å². The Balaban J connectivity index is 2.94. The monoisotopic (exact) mass is 224 g/mol. The second-order valence-corrected chi connectivity index (χ2v) is 5.00. The van der Waals surface area contributed by atoms with E-state index in [9.17, 15) is 13.2 Å². The number of aromatic nitrogens is 2. The Hall–Kier alpha value is -1.69. The molecule has 15 heavy (non-hydrogen) atoms. The predicted octanol–water partition coefficient (Wildman–Crippen LogP) is 0.656. The highest BCUT2D eigenvalue weighted by atomic mass is 32.2. The maximum absolute atomic E-state index is 11.4. The van der Waals surface area contributed by atoms with Gasteiger partial charge in [0.05, 0.1) is 6.26 Å². The van der Waals surface area contributed by atoms with E-state index in [0.717, 1.165) is 10.2 Å². The molecule has 2 rings (SSSR count). The molecule has 0 N–H and O–H groups in total. The smallest absolute Gasteiger partial charge is 0.237 e. The number of carbonyl (C=O) groups is 1. The molecule has 2 heterocycles. The lowest BCUT2D eigenvalue weighted by atomic mass is 10.2. The first-order chi connectivity index (χ1) is 7.04. The minimum atomic E-state index is -3.42. The zero-order valence-electron chi connectivity index (χ0n) is 7.91. The highest BCUT2D eigenvalue weighted by Gasteiger charge is 2.14. The molecule has 0 aromatic carbocycles. The van der Waals surface area contributed by atoms with Crippen molar-refractivity contribution >= 4 is 27.3 Å². The van der Waals surface area contributed by atoms with Crippen molar-refractivity contribution in [2.45, 2.75) is 0 Å². The largest absolute Gasteiger partial charge is 0.298 e. The van der Waals surface area contributed by atoms with E-state index in [1.165, 1.54) is 12.4 Å². The van der Waals surface area contributed by atoms with Gasteiger partial charge in [0, 0.05) is 23.3 Å². The molecule has 0 bridgehead atoms. The van der Waals surface area contributed by atoms with Crippen LogP contribution in [0.15, 0.2) is 24.5 Å². The van der Waals surface area contributed by atoms with Crippen molar-refractivity contribution in [3.05, 3.63) is 30.1 Å². The molecular formula is C9H8N2O3S. The molecule has 0 unspecified atom stereocenters. The standard InChI is InChI=1S/C9H8N2O3S/c1-15(13,14)11-5-7(6-12)8-3-2-4-10-9(8)11/h2-6H,1H3. The zero-order chi connectivity index (χ0) is 11.1. The van der Waals surface area contributed by atoms with Gasteiger partial charge in [-0.15, -0.1) is 0 Å². The summed E-state index contributed by atoms with van der Waals surface area (Å²) >= 11 is 0. The number of nitrogens with zero attached hydrogens (tertiary/aromatic N) is 2. The van der Waals surface area contributed by atoms with Crippen LogP contribution in [0.1, 0.15) is 10.4 Å². The average Bonchev–Trinajstić information content (AvgIpc) is 2.55. The van der Waals surface area contributed by atoms with Crippen LogP contribution in [0.4, 0.5) is 0 Å². The quantitative estimate of drug-likeness (QED) is 0.702. The summed E-state index contributed by atoms with van der Waals surface area (Å²) < 4.78 is 23.8. The van der Waals surface area contributed by atoms with Crippen molar-refractivity contribution in [3.8, 4) is 0 Å². The van der Waals surface area contributed by atoms with Gasteiger partial charge in [0.15, 0.2) is 11.9 Å². The summed E-state index contributed by atoms with van der Waals surface area (Å²) in [4.78, 5) is 14.7.